The molecule has 0 radical (unpaired) electrons. The van der Waals surface area contributed by atoms with Crippen LogP contribution in [-0.4, -0.2) is 47.3 Å². The van der Waals surface area contributed by atoms with Gasteiger partial charge in [0.25, 0.3) is 5.91 Å². The monoisotopic (exact) mass is 365 g/mol. The fourth-order valence-electron chi connectivity index (χ4n) is 3.07. The van der Waals surface area contributed by atoms with Crippen molar-refractivity contribution in [3.8, 4) is 5.75 Å². The fourth-order valence-corrected chi connectivity index (χ4v) is 3.07. The molecular formula is C18H21F2N3O3. The minimum absolute atomic E-state index is 0.00959. The number of piperidine rings is 1. The number of amides is 1. The second kappa shape index (κ2) is 8.27. The molecule has 1 amide bonds. The van der Waals surface area contributed by atoms with Gasteiger partial charge in [0, 0.05) is 19.7 Å². The van der Waals surface area contributed by atoms with Crippen molar-refractivity contribution in [3.05, 3.63) is 47.3 Å². The van der Waals surface area contributed by atoms with E-state index in [0.29, 0.717) is 18.8 Å². The van der Waals surface area contributed by atoms with Crippen LogP contribution >= 0.6 is 0 Å². The van der Waals surface area contributed by atoms with Crippen molar-refractivity contribution < 1.29 is 23.0 Å². The van der Waals surface area contributed by atoms with Gasteiger partial charge in [-0.05, 0) is 37.5 Å². The molecule has 3 rings (SSSR count). The Bertz CT molecular complexity index is 764. The number of H-pyrrole nitrogens is 1. The van der Waals surface area contributed by atoms with E-state index in [1.807, 2.05) is 0 Å². The van der Waals surface area contributed by atoms with Crippen LogP contribution in [-0.2, 0) is 11.3 Å². The third-order valence-corrected chi connectivity index (χ3v) is 4.37. The van der Waals surface area contributed by atoms with E-state index in [9.17, 15) is 13.6 Å². The number of likely N-dealkylation sites (tertiary alicyclic amines) is 1. The molecule has 1 aliphatic rings. The summed E-state index contributed by atoms with van der Waals surface area (Å²) in [5, 5.41) is 6.77. The molecular weight excluding hydrogens is 344 g/mol. The topological polar surface area (TPSA) is 67.4 Å². The van der Waals surface area contributed by atoms with Crippen LogP contribution < -0.4 is 4.74 Å². The predicted molar refractivity (Wildman–Crippen MR) is 89.8 cm³/mol. The van der Waals surface area contributed by atoms with Gasteiger partial charge in [-0.1, -0.05) is 0 Å². The molecule has 26 heavy (non-hydrogen) atoms. The van der Waals surface area contributed by atoms with Crippen LogP contribution in [0.1, 0.15) is 35.4 Å². The second-order valence-electron chi connectivity index (χ2n) is 6.25. The molecule has 6 nitrogen and oxygen atoms in total. The quantitative estimate of drug-likeness (QED) is 0.855. The molecule has 0 saturated carbocycles. The first-order valence-electron chi connectivity index (χ1n) is 8.50. The first-order valence-corrected chi connectivity index (χ1v) is 8.50. The van der Waals surface area contributed by atoms with E-state index in [0.717, 1.165) is 31.4 Å². The Balaban J connectivity index is 1.64. The number of nitrogens with zero attached hydrogens (tertiary/aromatic N) is 2. The average Bonchev–Trinajstić information content (AvgIpc) is 3.10. The van der Waals surface area contributed by atoms with Crippen molar-refractivity contribution in [3.63, 3.8) is 0 Å². The van der Waals surface area contributed by atoms with Crippen LogP contribution in [0.25, 0.3) is 0 Å². The van der Waals surface area contributed by atoms with Gasteiger partial charge in [0.2, 0.25) is 0 Å². The zero-order valence-electron chi connectivity index (χ0n) is 14.5. The van der Waals surface area contributed by atoms with E-state index in [2.05, 4.69) is 10.2 Å². The van der Waals surface area contributed by atoms with Gasteiger partial charge in [-0.15, -0.1) is 0 Å². The SMILES string of the molecule is COC[C@@H]1CCCCN1C(=O)c1cc(COc2ccc(F)cc2F)[nH]n1. The summed E-state index contributed by atoms with van der Waals surface area (Å²) in [6, 6.07) is 4.72. The van der Waals surface area contributed by atoms with Gasteiger partial charge >= 0.3 is 0 Å². The molecule has 140 valence electrons. The number of methoxy groups -OCH3 is 1. The number of rotatable bonds is 6. The van der Waals surface area contributed by atoms with Crippen LogP contribution in [0.5, 0.6) is 5.75 Å². The van der Waals surface area contributed by atoms with Gasteiger partial charge in [0.05, 0.1) is 18.3 Å². The molecule has 1 saturated heterocycles. The van der Waals surface area contributed by atoms with Gasteiger partial charge in [0.15, 0.2) is 17.3 Å². The number of ether oxygens (including phenoxy) is 2. The molecule has 1 aromatic heterocycles. The number of halogens is 2. The molecule has 1 aliphatic heterocycles. The number of carbonyl (C=O) groups excluding carboxylic acids is 1. The number of hydrogen-bond donors (Lipinski definition) is 1. The van der Waals surface area contributed by atoms with Crippen molar-refractivity contribution in [2.45, 2.75) is 31.9 Å². The summed E-state index contributed by atoms with van der Waals surface area (Å²) in [6.07, 6.45) is 2.93. The highest BCUT2D eigenvalue weighted by molar-refractivity contribution is 5.92. The van der Waals surface area contributed by atoms with E-state index in [1.165, 1.54) is 6.07 Å². The Morgan fingerprint density at radius 1 is 1.35 bits per heavy atom. The summed E-state index contributed by atoms with van der Waals surface area (Å²) < 4.78 is 37.0. The molecule has 0 bridgehead atoms. The summed E-state index contributed by atoms with van der Waals surface area (Å²) in [5.41, 5.74) is 0.809. The number of aromatic amines is 1. The second-order valence-corrected chi connectivity index (χ2v) is 6.25. The zero-order chi connectivity index (χ0) is 18.5. The minimum atomic E-state index is -0.781. The lowest BCUT2D eigenvalue weighted by Crippen LogP contribution is -2.46. The van der Waals surface area contributed by atoms with E-state index >= 15 is 0 Å². The highest BCUT2D eigenvalue weighted by Gasteiger charge is 2.28. The molecule has 1 aromatic carbocycles. The molecule has 0 aliphatic carbocycles. The highest BCUT2D eigenvalue weighted by Crippen LogP contribution is 2.21. The Kier molecular flexibility index (Phi) is 5.82. The van der Waals surface area contributed by atoms with Crippen molar-refractivity contribution in [1.82, 2.24) is 15.1 Å². The fraction of sp³-hybridized carbons (Fsp3) is 0.444. The third-order valence-electron chi connectivity index (χ3n) is 4.37. The average molecular weight is 365 g/mol. The molecule has 2 heterocycles. The van der Waals surface area contributed by atoms with Crippen molar-refractivity contribution in [2.75, 3.05) is 20.3 Å². The summed E-state index contributed by atoms with van der Waals surface area (Å²) in [7, 11) is 1.62. The smallest absolute Gasteiger partial charge is 0.274 e. The zero-order valence-corrected chi connectivity index (χ0v) is 14.5. The van der Waals surface area contributed by atoms with E-state index in [1.54, 1.807) is 18.1 Å². The number of aromatic nitrogens is 2. The van der Waals surface area contributed by atoms with E-state index in [4.69, 9.17) is 9.47 Å². The van der Waals surface area contributed by atoms with Gasteiger partial charge in [-0.3, -0.25) is 9.89 Å². The van der Waals surface area contributed by atoms with Gasteiger partial charge in [-0.25, -0.2) is 8.78 Å². The Labute approximate surface area is 150 Å². The van der Waals surface area contributed by atoms with Crippen molar-refractivity contribution in [1.29, 1.82) is 0 Å². The molecule has 1 N–H and O–H groups in total. The third kappa shape index (κ3) is 4.19. The normalized spacial score (nSPS) is 17.3. The Hall–Kier alpha value is -2.48. The van der Waals surface area contributed by atoms with Crippen molar-refractivity contribution >= 4 is 5.91 Å². The molecule has 0 unspecified atom stereocenters. The molecule has 0 spiro atoms. The van der Waals surface area contributed by atoms with Crippen LogP contribution in [0.15, 0.2) is 24.3 Å². The first kappa shape index (κ1) is 18.3. The summed E-state index contributed by atoms with van der Waals surface area (Å²) in [6.45, 7) is 1.16. The largest absolute Gasteiger partial charge is 0.484 e. The number of carbonyl (C=O) groups is 1. The summed E-state index contributed by atoms with van der Waals surface area (Å²) in [4.78, 5) is 14.5. The molecule has 8 heteroatoms. The molecule has 1 atom stereocenters. The molecule has 1 fully saturated rings. The summed E-state index contributed by atoms with van der Waals surface area (Å²) >= 11 is 0. The van der Waals surface area contributed by atoms with Crippen LogP contribution in [0.2, 0.25) is 0 Å². The van der Waals surface area contributed by atoms with Gasteiger partial charge in [0.1, 0.15) is 12.4 Å². The van der Waals surface area contributed by atoms with E-state index in [-0.39, 0.29) is 30.0 Å². The predicted octanol–water partition coefficient (Wildman–Crippen LogP) is 2.91. The number of benzene rings is 1. The highest BCUT2D eigenvalue weighted by atomic mass is 19.1. The maximum atomic E-state index is 13.6. The standard InChI is InChI=1S/C18H21F2N3O3/c1-25-11-14-4-2-3-7-23(14)18(24)16-9-13(21-22-16)10-26-17-6-5-12(19)8-15(17)20/h5-6,8-9,14H,2-4,7,10-11H2,1H3,(H,21,22)/t14-/m0/s1. The Morgan fingerprint density at radius 2 is 2.19 bits per heavy atom. The van der Waals surface area contributed by atoms with E-state index < -0.39 is 11.6 Å². The maximum Gasteiger partial charge on any atom is 0.274 e. The van der Waals surface area contributed by atoms with Crippen molar-refractivity contribution in [2.24, 2.45) is 0 Å². The minimum Gasteiger partial charge on any atom is -0.484 e. The number of nitrogens with one attached hydrogen (secondary N) is 1. The lowest BCUT2D eigenvalue weighted by atomic mass is 10.0. The number of hydrogen-bond acceptors (Lipinski definition) is 4. The van der Waals surface area contributed by atoms with Crippen LogP contribution in [0.3, 0.4) is 0 Å². The summed E-state index contributed by atoms with van der Waals surface area (Å²) in [5.74, 6) is -1.68. The maximum absolute atomic E-state index is 13.6. The van der Waals surface area contributed by atoms with Gasteiger partial charge in [-0.2, -0.15) is 5.10 Å². The molecule has 2 aromatic rings. The Morgan fingerprint density at radius 3 is 2.96 bits per heavy atom. The van der Waals surface area contributed by atoms with Crippen LogP contribution in [0, 0.1) is 11.6 Å². The van der Waals surface area contributed by atoms with Crippen LogP contribution in [0.4, 0.5) is 8.78 Å². The lowest BCUT2D eigenvalue weighted by molar-refractivity contribution is 0.0423. The van der Waals surface area contributed by atoms with Gasteiger partial charge < -0.3 is 14.4 Å². The first-order chi connectivity index (χ1) is 12.6. The lowest BCUT2D eigenvalue weighted by Gasteiger charge is -2.34.